The minimum absolute atomic E-state index is 0. The molecule has 0 bridgehead atoms. The summed E-state index contributed by atoms with van der Waals surface area (Å²) in [5.74, 6) is 0.643. The highest BCUT2D eigenvalue weighted by Gasteiger charge is 2.24. The summed E-state index contributed by atoms with van der Waals surface area (Å²) in [4.78, 5) is 14.4. The molecule has 2 aromatic heterocycles. The Morgan fingerprint density at radius 1 is 1.35 bits per heavy atom. The van der Waals surface area contributed by atoms with Crippen LogP contribution in [0.3, 0.4) is 0 Å². The third-order valence-electron chi connectivity index (χ3n) is 3.89. The van der Waals surface area contributed by atoms with Crippen LogP contribution in [0.2, 0.25) is 0 Å². The number of carbonyl (C=O) groups is 1. The fourth-order valence-electron chi connectivity index (χ4n) is 2.64. The molecule has 6 heteroatoms. The van der Waals surface area contributed by atoms with Crippen molar-refractivity contribution in [3.8, 4) is 0 Å². The quantitative estimate of drug-likeness (QED) is 0.914. The van der Waals surface area contributed by atoms with Crippen LogP contribution in [-0.4, -0.2) is 40.1 Å². The molecule has 0 aliphatic carbocycles. The maximum Gasteiger partial charge on any atom is 0.257 e. The zero-order valence-corrected chi connectivity index (χ0v) is 12.1. The lowest BCUT2D eigenvalue weighted by atomic mass is 9.97. The largest absolute Gasteiger partial charge is 0.339 e. The molecule has 5 nitrogen and oxygen atoms in total. The molecular formula is C14H19ClN4O. The summed E-state index contributed by atoms with van der Waals surface area (Å²) in [6.45, 7) is 2.31. The standard InChI is InChI=1S/C14H18N4O.ClH/c15-9-11-4-7-17(8-5-11)14(19)12-10-16-18-6-2-1-3-13(12)18;/h1-3,6,10-11H,4-5,7-9,15H2;1H. The van der Waals surface area contributed by atoms with E-state index in [1.165, 1.54) is 0 Å². The van der Waals surface area contributed by atoms with Gasteiger partial charge >= 0.3 is 0 Å². The lowest BCUT2D eigenvalue weighted by Crippen LogP contribution is -2.40. The number of rotatable bonds is 2. The Morgan fingerprint density at radius 2 is 2.10 bits per heavy atom. The lowest BCUT2D eigenvalue weighted by Gasteiger charge is -2.31. The molecule has 0 aromatic carbocycles. The van der Waals surface area contributed by atoms with Gasteiger partial charge in [-0.25, -0.2) is 4.52 Å². The molecule has 2 N–H and O–H groups in total. The van der Waals surface area contributed by atoms with Crippen molar-refractivity contribution in [2.24, 2.45) is 11.7 Å². The third-order valence-corrected chi connectivity index (χ3v) is 3.89. The summed E-state index contributed by atoms with van der Waals surface area (Å²) in [5, 5.41) is 4.21. The van der Waals surface area contributed by atoms with E-state index in [0.717, 1.165) is 38.0 Å². The number of hydrogen-bond donors (Lipinski definition) is 1. The van der Waals surface area contributed by atoms with Gasteiger partial charge in [-0.3, -0.25) is 4.79 Å². The number of nitrogens with two attached hydrogens (primary N) is 1. The molecule has 20 heavy (non-hydrogen) atoms. The van der Waals surface area contributed by atoms with Crippen molar-refractivity contribution < 1.29 is 4.79 Å². The van der Waals surface area contributed by atoms with Crippen molar-refractivity contribution in [1.29, 1.82) is 0 Å². The van der Waals surface area contributed by atoms with E-state index in [0.29, 0.717) is 11.5 Å². The maximum atomic E-state index is 12.5. The summed E-state index contributed by atoms with van der Waals surface area (Å²) in [6, 6.07) is 5.75. The highest BCUT2D eigenvalue weighted by Crippen LogP contribution is 2.19. The van der Waals surface area contributed by atoms with Gasteiger partial charge in [0.15, 0.2) is 0 Å². The van der Waals surface area contributed by atoms with Gasteiger partial charge in [-0.1, -0.05) is 6.07 Å². The van der Waals surface area contributed by atoms with Gasteiger partial charge in [0.2, 0.25) is 0 Å². The molecule has 2 aromatic rings. The van der Waals surface area contributed by atoms with Crippen molar-refractivity contribution in [2.45, 2.75) is 12.8 Å². The topological polar surface area (TPSA) is 63.6 Å². The van der Waals surface area contributed by atoms with Gasteiger partial charge in [0.1, 0.15) is 0 Å². The molecule has 0 saturated carbocycles. The van der Waals surface area contributed by atoms with E-state index in [-0.39, 0.29) is 18.3 Å². The molecule has 0 atom stereocenters. The molecule has 0 radical (unpaired) electrons. The number of pyridine rings is 1. The zero-order chi connectivity index (χ0) is 13.2. The van der Waals surface area contributed by atoms with Crippen molar-refractivity contribution in [2.75, 3.05) is 19.6 Å². The van der Waals surface area contributed by atoms with E-state index in [1.807, 2.05) is 29.3 Å². The molecule has 108 valence electrons. The Balaban J connectivity index is 0.00000147. The van der Waals surface area contributed by atoms with E-state index in [9.17, 15) is 4.79 Å². The van der Waals surface area contributed by atoms with Gasteiger partial charge in [-0.15, -0.1) is 12.4 Å². The first-order valence-corrected chi connectivity index (χ1v) is 6.71. The van der Waals surface area contributed by atoms with Gasteiger partial charge < -0.3 is 10.6 Å². The van der Waals surface area contributed by atoms with E-state index in [1.54, 1.807) is 10.7 Å². The Kier molecular flexibility index (Phi) is 4.62. The molecular weight excluding hydrogens is 276 g/mol. The monoisotopic (exact) mass is 294 g/mol. The van der Waals surface area contributed by atoms with E-state index < -0.39 is 0 Å². The minimum atomic E-state index is 0. The fraction of sp³-hybridized carbons (Fsp3) is 0.429. The Labute approximate surface area is 124 Å². The van der Waals surface area contributed by atoms with Crippen LogP contribution in [-0.2, 0) is 0 Å². The van der Waals surface area contributed by atoms with Crippen LogP contribution in [0, 0.1) is 5.92 Å². The first-order valence-electron chi connectivity index (χ1n) is 6.71. The van der Waals surface area contributed by atoms with E-state index >= 15 is 0 Å². The highest BCUT2D eigenvalue weighted by atomic mass is 35.5. The molecule has 1 amide bonds. The summed E-state index contributed by atoms with van der Waals surface area (Å²) in [5.41, 5.74) is 7.23. The van der Waals surface area contributed by atoms with Gasteiger partial charge in [0.25, 0.3) is 5.91 Å². The second-order valence-electron chi connectivity index (χ2n) is 5.06. The Morgan fingerprint density at radius 3 is 2.80 bits per heavy atom. The van der Waals surface area contributed by atoms with Crippen molar-refractivity contribution in [3.63, 3.8) is 0 Å². The van der Waals surface area contributed by atoms with Gasteiger partial charge in [0.05, 0.1) is 17.3 Å². The second-order valence-corrected chi connectivity index (χ2v) is 5.06. The first kappa shape index (κ1) is 14.8. The van der Waals surface area contributed by atoms with Crippen LogP contribution < -0.4 is 5.73 Å². The summed E-state index contributed by atoms with van der Waals surface area (Å²) in [7, 11) is 0. The Hall–Kier alpha value is -1.59. The smallest absolute Gasteiger partial charge is 0.257 e. The van der Waals surface area contributed by atoms with Crippen LogP contribution in [0.4, 0.5) is 0 Å². The molecule has 0 spiro atoms. The molecule has 0 unspecified atom stereocenters. The van der Waals surface area contributed by atoms with Crippen LogP contribution >= 0.6 is 12.4 Å². The molecule has 1 saturated heterocycles. The number of aromatic nitrogens is 2. The van der Waals surface area contributed by atoms with Gasteiger partial charge in [-0.05, 0) is 37.4 Å². The maximum absolute atomic E-state index is 12.5. The molecule has 1 aliphatic rings. The summed E-state index contributed by atoms with van der Waals surface area (Å²) < 4.78 is 1.74. The van der Waals surface area contributed by atoms with Crippen LogP contribution in [0.5, 0.6) is 0 Å². The normalized spacial score (nSPS) is 16.1. The molecule has 3 rings (SSSR count). The zero-order valence-electron chi connectivity index (χ0n) is 11.2. The number of likely N-dealkylation sites (tertiary alicyclic amines) is 1. The van der Waals surface area contributed by atoms with Crippen LogP contribution in [0.25, 0.3) is 5.52 Å². The van der Waals surface area contributed by atoms with Crippen molar-refractivity contribution >= 4 is 23.8 Å². The first-order chi connectivity index (χ1) is 9.29. The van der Waals surface area contributed by atoms with Gasteiger partial charge in [0, 0.05) is 19.3 Å². The predicted octanol–water partition coefficient (Wildman–Crippen LogP) is 1.57. The second kappa shape index (κ2) is 6.24. The van der Waals surface area contributed by atoms with Gasteiger partial charge in [-0.2, -0.15) is 5.10 Å². The number of nitrogens with zero attached hydrogens (tertiary/aromatic N) is 3. The molecule has 1 fully saturated rings. The molecule has 3 heterocycles. The van der Waals surface area contributed by atoms with Crippen LogP contribution in [0.15, 0.2) is 30.6 Å². The predicted molar refractivity (Wildman–Crippen MR) is 80.1 cm³/mol. The number of hydrogen-bond acceptors (Lipinski definition) is 3. The fourth-order valence-corrected chi connectivity index (χ4v) is 2.64. The van der Waals surface area contributed by atoms with E-state index in [4.69, 9.17) is 5.73 Å². The van der Waals surface area contributed by atoms with Crippen LogP contribution in [0.1, 0.15) is 23.2 Å². The number of halogens is 1. The number of carbonyl (C=O) groups excluding carboxylic acids is 1. The number of piperidine rings is 1. The average Bonchev–Trinajstić information content (AvgIpc) is 2.90. The highest BCUT2D eigenvalue weighted by molar-refractivity contribution is 6.00. The summed E-state index contributed by atoms with van der Waals surface area (Å²) >= 11 is 0. The number of fused-ring (bicyclic) bond motifs is 1. The lowest BCUT2D eigenvalue weighted by molar-refractivity contribution is 0.0695. The van der Waals surface area contributed by atoms with Crippen molar-refractivity contribution in [1.82, 2.24) is 14.5 Å². The number of amides is 1. The van der Waals surface area contributed by atoms with E-state index in [2.05, 4.69) is 5.10 Å². The SMILES string of the molecule is Cl.NCC1CCN(C(=O)c2cnn3ccccc23)CC1. The average molecular weight is 295 g/mol. The Bertz CT molecular complexity index is 590. The van der Waals surface area contributed by atoms with Crippen molar-refractivity contribution in [3.05, 3.63) is 36.2 Å². The molecule has 1 aliphatic heterocycles. The third kappa shape index (κ3) is 2.64. The summed E-state index contributed by atoms with van der Waals surface area (Å²) in [6.07, 6.45) is 5.52. The minimum Gasteiger partial charge on any atom is -0.339 e.